The van der Waals surface area contributed by atoms with E-state index in [1.54, 1.807) is 12.9 Å². The normalized spacial score (nSPS) is 10.5. The predicted octanol–water partition coefficient (Wildman–Crippen LogP) is 3.73. The highest BCUT2D eigenvalue weighted by Crippen LogP contribution is 2.35. The van der Waals surface area contributed by atoms with Crippen molar-refractivity contribution >= 4 is 52.2 Å². The van der Waals surface area contributed by atoms with Gasteiger partial charge in [-0.3, -0.25) is 4.98 Å². The number of carbonyl (C=O) groups excluding carboxylic acids is 1. The van der Waals surface area contributed by atoms with Crippen LogP contribution in [0.3, 0.4) is 0 Å². The number of ether oxygens (including phenoxy) is 2. The van der Waals surface area contributed by atoms with Crippen molar-refractivity contribution in [1.29, 1.82) is 0 Å². The smallest absolute Gasteiger partial charge is 0.406 e. The average molecular weight is 476 g/mol. The molecule has 1 aromatic heterocycles. The number of nitrogens with zero attached hydrogens (tertiary/aromatic N) is 1. The highest BCUT2D eigenvalue weighted by Gasteiger charge is 2.17. The Balaban J connectivity index is 2.07. The Hall–Kier alpha value is -2.33. The summed E-state index contributed by atoms with van der Waals surface area (Å²) in [6.07, 6.45) is 1.47. The zero-order valence-electron chi connectivity index (χ0n) is 14.9. The molecular formula is C19H18BIN2O4. The van der Waals surface area contributed by atoms with E-state index in [0.29, 0.717) is 29.1 Å². The summed E-state index contributed by atoms with van der Waals surface area (Å²) in [5.74, 6) is 0.106. The van der Waals surface area contributed by atoms with Crippen molar-refractivity contribution in [2.75, 3.05) is 12.3 Å². The first-order chi connectivity index (χ1) is 13.0. The molecule has 0 fully saturated rings. The maximum absolute atomic E-state index is 11.9. The topological polar surface area (TPSA) is 80.7 Å². The average Bonchev–Trinajstić information content (AvgIpc) is 2.68. The lowest BCUT2D eigenvalue weighted by Gasteiger charge is -2.16. The van der Waals surface area contributed by atoms with E-state index < -0.39 is 13.0 Å². The van der Waals surface area contributed by atoms with Crippen molar-refractivity contribution in [2.45, 2.75) is 13.4 Å². The van der Waals surface area contributed by atoms with Gasteiger partial charge in [0.1, 0.15) is 17.9 Å². The van der Waals surface area contributed by atoms with Gasteiger partial charge in [-0.1, -0.05) is 30.3 Å². The molecule has 2 N–H and O–H groups in total. The van der Waals surface area contributed by atoms with E-state index in [-0.39, 0.29) is 0 Å². The molecule has 0 aliphatic heterocycles. The van der Waals surface area contributed by atoms with Gasteiger partial charge in [-0.25, -0.2) is 4.79 Å². The summed E-state index contributed by atoms with van der Waals surface area (Å²) in [7, 11) is 0.590. The second-order valence-electron chi connectivity index (χ2n) is 5.94. The van der Waals surface area contributed by atoms with E-state index in [1.807, 2.05) is 36.4 Å². The second-order valence-corrected chi connectivity index (χ2v) is 7.02. The molecule has 0 unspecified atom stereocenters. The van der Waals surface area contributed by atoms with Crippen LogP contribution in [-0.2, 0) is 11.3 Å². The van der Waals surface area contributed by atoms with Gasteiger partial charge in [0.2, 0.25) is 0 Å². The fourth-order valence-corrected chi connectivity index (χ4v) is 3.36. The summed E-state index contributed by atoms with van der Waals surface area (Å²) in [4.78, 5) is 16.3. The molecular weight excluding hydrogens is 458 g/mol. The van der Waals surface area contributed by atoms with Crippen molar-refractivity contribution in [3.05, 3.63) is 63.4 Å². The molecule has 27 heavy (non-hydrogen) atoms. The Bertz CT molecular complexity index is 967. The standard InChI is InChI=1S/C19H18BIN2O4/c1-20(25)23-15-9-16(27-11-12-6-4-3-5-7-12)18-14(17(15)21)8-13(10-22-18)19(24)26-2/h3-10,23,25H,11H2,1-2H3. The van der Waals surface area contributed by atoms with Crippen LogP contribution in [-0.4, -0.2) is 30.1 Å². The SMILES string of the molecule is COC(=O)c1cnc2c(OCc3ccccc3)cc(NB(C)O)c(I)c2c1. The molecule has 6 nitrogen and oxygen atoms in total. The number of nitrogens with one attached hydrogen (secondary N) is 1. The number of pyridine rings is 1. The Morgan fingerprint density at radius 2 is 2.04 bits per heavy atom. The van der Waals surface area contributed by atoms with Gasteiger partial charge in [0, 0.05) is 26.9 Å². The zero-order chi connectivity index (χ0) is 19.4. The third-order valence-electron chi connectivity index (χ3n) is 3.89. The Morgan fingerprint density at radius 3 is 2.70 bits per heavy atom. The summed E-state index contributed by atoms with van der Waals surface area (Å²) < 4.78 is 11.6. The number of hydrogen-bond acceptors (Lipinski definition) is 6. The quantitative estimate of drug-likeness (QED) is 0.321. The van der Waals surface area contributed by atoms with Crippen molar-refractivity contribution in [2.24, 2.45) is 0 Å². The maximum Gasteiger partial charge on any atom is 0.406 e. The number of esters is 1. The summed E-state index contributed by atoms with van der Waals surface area (Å²) in [5.41, 5.74) is 2.72. The molecule has 0 aliphatic carbocycles. The summed E-state index contributed by atoms with van der Waals surface area (Å²) in [6, 6.07) is 13.3. The maximum atomic E-state index is 11.9. The first-order valence-electron chi connectivity index (χ1n) is 8.31. The molecule has 0 radical (unpaired) electrons. The van der Waals surface area contributed by atoms with Crippen molar-refractivity contribution in [3.8, 4) is 5.75 Å². The van der Waals surface area contributed by atoms with Crippen LogP contribution < -0.4 is 9.96 Å². The lowest BCUT2D eigenvalue weighted by Crippen LogP contribution is -2.20. The number of anilines is 1. The minimum absolute atomic E-state index is 0.353. The number of halogens is 1. The zero-order valence-corrected chi connectivity index (χ0v) is 17.1. The number of benzene rings is 2. The van der Waals surface area contributed by atoms with Crippen molar-refractivity contribution in [1.82, 2.24) is 4.98 Å². The van der Waals surface area contributed by atoms with Gasteiger partial charge in [-0.15, -0.1) is 0 Å². The molecule has 0 aliphatic rings. The predicted molar refractivity (Wildman–Crippen MR) is 114 cm³/mol. The largest absolute Gasteiger partial charge is 0.487 e. The Kier molecular flexibility index (Phi) is 6.17. The molecule has 138 valence electrons. The minimum Gasteiger partial charge on any atom is -0.487 e. The molecule has 3 rings (SSSR count). The third-order valence-corrected chi connectivity index (χ3v) is 5.05. The monoisotopic (exact) mass is 476 g/mol. The van der Waals surface area contributed by atoms with E-state index >= 15 is 0 Å². The van der Waals surface area contributed by atoms with E-state index in [4.69, 9.17) is 9.47 Å². The molecule has 0 amide bonds. The molecule has 0 saturated carbocycles. The molecule has 0 saturated heterocycles. The number of carbonyl (C=O) groups is 1. The van der Waals surface area contributed by atoms with Crippen LogP contribution in [0.1, 0.15) is 15.9 Å². The lowest BCUT2D eigenvalue weighted by atomic mass is 9.88. The van der Waals surface area contributed by atoms with E-state index in [2.05, 4.69) is 32.8 Å². The molecule has 3 aromatic rings. The Morgan fingerprint density at radius 1 is 1.30 bits per heavy atom. The highest BCUT2D eigenvalue weighted by molar-refractivity contribution is 14.1. The molecule has 8 heteroatoms. The number of methoxy groups -OCH3 is 1. The molecule has 0 spiro atoms. The summed E-state index contributed by atoms with van der Waals surface area (Å²) >= 11 is 2.16. The molecule has 1 heterocycles. The van der Waals surface area contributed by atoms with E-state index in [1.165, 1.54) is 13.3 Å². The van der Waals surface area contributed by atoms with Crippen molar-refractivity contribution in [3.63, 3.8) is 0 Å². The first-order valence-corrected chi connectivity index (χ1v) is 9.39. The van der Waals surface area contributed by atoms with Gasteiger partial charge >= 0.3 is 13.0 Å². The lowest BCUT2D eigenvalue weighted by molar-refractivity contribution is 0.0600. The fraction of sp³-hybridized carbons (Fsp3) is 0.158. The van der Waals surface area contributed by atoms with Crippen LogP contribution in [0.15, 0.2) is 48.7 Å². The van der Waals surface area contributed by atoms with E-state index in [0.717, 1.165) is 14.5 Å². The second kappa shape index (κ2) is 8.58. The minimum atomic E-state index is -0.741. The molecule has 2 aromatic carbocycles. The van der Waals surface area contributed by atoms with Crippen LogP contribution in [0.25, 0.3) is 10.9 Å². The third kappa shape index (κ3) is 4.51. The summed E-state index contributed by atoms with van der Waals surface area (Å²) in [6.45, 7) is 2.01. The number of fused-ring (bicyclic) bond motifs is 1. The van der Waals surface area contributed by atoms with Gasteiger partial charge < -0.3 is 19.7 Å². The van der Waals surface area contributed by atoms with Crippen LogP contribution in [0, 0.1) is 3.57 Å². The van der Waals surface area contributed by atoms with Crippen LogP contribution in [0.4, 0.5) is 5.69 Å². The Labute approximate surface area is 171 Å². The highest BCUT2D eigenvalue weighted by atomic mass is 127. The fourth-order valence-electron chi connectivity index (χ4n) is 2.64. The van der Waals surface area contributed by atoms with Crippen LogP contribution in [0.5, 0.6) is 5.75 Å². The number of hydrogen-bond donors (Lipinski definition) is 2. The molecule has 0 bridgehead atoms. The van der Waals surface area contributed by atoms with Gasteiger partial charge in [-0.2, -0.15) is 0 Å². The molecule has 0 atom stereocenters. The van der Waals surface area contributed by atoms with E-state index in [9.17, 15) is 9.82 Å². The van der Waals surface area contributed by atoms with Crippen molar-refractivity contribution < 1.29 is 19.3 Å². The number of aromatic nitrogens is 1. The van der Waals surface area contributed by atoms with Crippen LogP contribution >= 0.6 is 22.6 Å². The van der Waals surface area contributed by atoms with Crippen LogP contribution in [0.2, 0.25) is 6.82 Å². The van der Waals surface area contributed by atoms with Gasteiger partial charge in [0.25, 0.3) is 0 Å². The van der Waals surface area contributed by atoms with Gasteiger partial charge in [-0.05, 0) is 41.0 Å². The number of rotatable bonds is 6. The van der Waals surface area contributed by atoms with Gasteiger partial charge in [0.05, 0.1) is 12.7 Å². The first kappa shape index (κ1) is 19.4. The van der Waals surface area contributed by atoms with Gasteiger partial charge in [0.15, 0.2) is 0 Å². The summed E-state index contributed by atoms with van der Waals surface area (Å²) in [5, 5.41) is 13.5.